The van der Waals surface area contributed by atoms with Gasteiger partial charge in [0.2, 0.25) is 5.76 Å². The van der Waals surface area contributed by atoms with Gasteiger partial charge >= 0.3 is 0 Å². The first-order valence-electron chi connectivity index (χ1n) is 10.2. The molecular weight excluding hydrogens is 458 g/mol. The Hall–Kier alpha value is -3.35. The fourth-order valence-corrected chi connectivity index (χ4v) is 4.75. The molecule has 33 heavy (non-hydrogen) atoms. The zero-order chi connectivity index (χ0) is 23.3. The predicted molar refractivity (Wildman–Crippen MR) is 131 cm³/mol. The van der Waals surface area contributed by atoms with Gasteiger partial charge in [0.1, 0.15) is 5.58 Å². The topological polar surface area (TPSA) is 67.6 Å². The number of thioether (sulfide) groups is 1. The maximum atomic E-state index is 13.6. The Kier molecular flexibility index (Phi) is 5.35. The van der Waals surface area contributed by atoms with Crippen LogP contribution < -0.4 is 10.3 Å². The lowest BCUT2D eigenvalue weighted by Crippen LogP contribution is -2.29. The monoisotopic (exact) mass is 475 g/mol. The average molecular weight is 476 g/mol. The standard InChI is InChI=1S/C26H18ClNO4S/c1-14(29)15-3-8-18(9-4-15)28-23(16-5-10-19(33-2)11-6-16)22-24(30)20-13-17(27)7-12-21(20)32-25(22)26(28)31/h3-13,23H,1-2H3. The Morgan fingerprint density at radius 3 is 2.33 bits per heavy atom. The Labute approximate surface area is 199 Å². The number of fused-ring (bicyclic) bond motifs is 2. The van der Waals surface area contributed by atoms with Crippen molar-refractivity contribution in [1.29, 1.82) is 0 Å². The van der Waals surface area contributed by atoms with E-state index in [9.17, 15) is 14.4 Å². The lowest BCUT2D eigenvalue weighted by molar-refractivity contribution is 0.0970. The highest BCUT2D eigenvalue weighted by Gasteiger charge is 2.43. The molecule has 1 aliphatic heterocycles. The van der Waals surface area contributed by atoms with Gasteiger partial charge in [-0.25, -0.2) is 0 Å². The molecule has 164 valence electrons. The van der Waals surface area contributed by atoms with Crippen molar-refractivity contribution < 1.29 is 14.0 Å². The second-order valence-electron chi connectivity index (χ2n) is 7.77. The van der Waals surface area contributed by atoms with E-state index in [2.05, 4.69) is 0 Å². The first-order valence-corrected chi connectivity index (χ1v) is 11.8. The van der Waals surface area contributed by atoms with Crippen molar-refractivity contribution in [2.45, 2.75) is 17.9 Å². The molecule has 1 unspecified atom stereocenters. The molecule has 1 atom stereocenters. The minimum Gasteiger partial charge on any atom is -0.450 e. The van der Waals surface area contributed by atoms with Crippen molar-refractivity contribution in [3.63, 3.8) is 0 Å². The zero-order valence-corrected chi connectivity index (χ0v) is 19.4. The molecule has 1 aromatic heterocycles. The van der Waals surface area contributed by atoms with Gasteiger partial charge in [-0.05, 0) is 73.3 Å². The second kappa shape index (κ2) is 8.21. The smallest absolute Gasteiger partial charge is 0.295 e. The van der Waals surface area contributed by atoms with Gasteiger partial charge in [-0.2, -0.15) is 0 Å². The molecule has 0 spiro atoms. The molecule has 0 saturated carbocycles. The van der Waals surface area contributed by atoms with E-state index in [-0.39, 0.29) is 22.5 Å². The number of Topliss-reactive ketones (excluding diaryl/α,β-unsaturated/α-hetero) is 1. The summed E-state index contributed by atoms with van der Waals surface area (Å²) in [6.07, 6.45) is 1.98. The number of rotatable bonds is 4. The number of ketones is 1. The first-order chi connectivity index (χ1) is 15.9. The van der Waals surface area contributed by atoms with Crippen molar-refractivity contribution in [2.24, 2.45) is 0 Å². The number of amides is 1. The Morgan fingerprint density at radius 1 is 1.00 bits per heavy atom. The van der Waals surface area contributed by atoms with Crippen LogP contribution in [0.1, 0.15) is 45.0 Å². The quantitative estimate of drug-likeness (QED) is 0.263. The summed E-state index contributed by atoms with van der Waals surface area (Å²) in [5.74, 6) is -0.459. The van der Waals surface area contributed by atoms with E-state index in [1.165, 1.54) is 6.92 Å². The van der Waals surface area contributed by atoms with Gasteiger partial charge in [-0.3, -0.25) is 19.3 Å². The fourth-order valence-electron chi connectivity index (χ4n) is 4.17. The average Bonchev–Trinajstić information content (AvgIpc) is 3.12. The van der Waals surface area contributed by atoms with Crippen LogP contribution in [0.4, 0.5) is 5.69 Å². The Bertz CT molecular complexity index is 1480. The number of hydrogen-bond acceptors (Lipinski definition) is 5. The van der Waals surface area contributed by atoms with Gasteiger partial charge in [0.15, 0.2) is 11.2 Å². The molecule has 0 aliphatic carbocycles. The minimum absolute atomic E-state index is 0.0180. The highest BCUT2D eigenvalue weighted by molar-refractivity contribution is 7.98. The number of carbonyl (C=O) groups excluding carboxylic acids is 2. The van der Waals surface area contributed by atoms with Crippen LogP contribution in [-0.2, 0) is 0 Å². The number of carbonyl (C=O) groups is 2. The summed E-state index contributed by atoms with van der Waals surface area (Å²) in [6, 6.07) is 18.6. The third kappa shape index (κ3) is 3.56. The molecule has 4 aromatic rings. The lowest BCUT2D eigenvalue weighted by atomic mass is 9.98. The molecule has 0 N–H and O–H groups in total. The molecule has 0 bridgehead atoms. The lowest BCUT2D eigenvalue weighted by Gasteiger charge is -2.25. The highest BCUT2D eigenvalue weighted by Crippen LogP contribution is 2.41. The summed E-state index contributed by atoms with van der Waals surface area (Å²) >= 11 is 7.74. The van der Waals surface area contributed by atoms with Gasteiger partial charge in [-0.15, -0.1) is 11.8 Å². The molecule has 1 amide bonds. The summed E-state index contributed by atoms with van der Waals surface area (Å²) in [4.78, 5) is 41.5. The third-order valence-corrected chi connectivity index (χ3v) is 6.79. The molecule has 7 heteroatoms. The molecule has 3 aromatic carbocycles. The van der Waals surface area contributed by atoms with Crippen molar-refractivity contribution in [2.75, 3.05) is 11.2 Å². The fraction of sp³-hybridized carbons (Fsp3) is 0.115. The van der Waals surface area contributed by atoms with Crippen molar-refractivity contribution in [1.82, 2.24) is 0 Å². The number of anilines is 1. The number of halogens is 1. The third-order valence-electron chi connectivity index (χ3n) is 5.82. The number of hydrogen-bond donors (Lipinski definition) is 0. The molecule has 0 fully saturated rings. The maximum absolute atomic E-state index is 13.6. The van der Waals surface area contributed by atoms with Gasteiger partial charge in [-0.1, -0.05) is 23.7 Å². The van der Waals surface area contributed by atoms with E-state index >= 15 is 0 Å². The minimum atomic E-state index is -0.675. The van der Waals surface area contributed by atoms with Crippen LogP contribution in [0, 0.1) is 0 Å². The van der Waals surface area contributed by atoms with E-state index in [0.29, 0.717) is 27.2 Å². The number of nitrogens with zero attached hydrogens (tertiary/aromatic N) is 1. The molecule has 5 rings (SSSR count). The summed E-state index contributed by atoms with van der Waals surface area (Å²) in [5, 5.41) is 0.741. The van der Waals surface area contributed by atoms with Crippen molar-refractivity contribution in [3.05, 3.63) is 104 Å². The van der Waals surface area contributed by atoms with Gasteiger partial charge in [0, 0.05) is 21.2 Å². The molecule has 2 heterocycles. The summed E-state index contributed by atoms with van der Waals surface area (Å²) in [7, 11) is 0. The molecular formula is C26H18ClNO4S. The van der Waals surface area contributed by atoms with Crippen molar-refractivity contribution in [3.8, 4) is 0 Å². The normalized spacial score (nSPS) is 15.2. The largest absolute Gasteiger partial charge is 0.450 e. The maximum Gasteiger partial charge on any atom is 0.295 e. The predicted octanol–water partition coefficient (Wildman–Crippen LogP) is 6.12. The van der Waals surface area contributed by atoms with E-state index < -0.39 is 11.9 Å². The van der Waals surface area contributed by atoms with Crippen LogP contribution in [0.5, 0.6) is 0 Å². The van der Waals surface area contributed by atoms with E-state index in [0.717, 1.165) is 10.5 Å². The molecule has 1 aliphatic rings. The van der Waals surface area contributed by atoms with E-state index in [1.54, 1.807) is 59.1 Å². The van der Waals surface area contributed by atoms with Crippen molar-refractivity contribution >= 4 is 51.7 Å². The van der Waals surface area contributed by atoms with Crippen LogP contribution in [0.25, 0.3) is 11.0 Å². The first kappa shape index (κ1) is 21.5. The van der Waals surface area contributed by atoms with Crippen LogP contribution >= 0.6 is 23.4 Å². The Balaban J connectivity index is 1.76. The molecule has 0 saturated heterocycles. The highest BCUT2D eigenvalue weighted by atomic mass is 35.5. The van der Waals surface area contributed by atoms with Crippen LogP contribution in [0.15, 0.2) is 80.8 Å². The summed E-state index contributed by atoms with van der Waals surface area (Å²) < 4.78 is 5.95. The van der Waals surface area contributed by atoms with Gasteiger partial charge in [0.05, 0.1) is 17.0 Å². The van der Waals surface area contributed by atoms with Crippen LogP contribution in [0.2, 0.25) is 5.02 Å². The number of benzene rings is 3. The molecule has 0 radical (unpaired) electrons. The second-order valence-corrected chi connectivity index (χ2v) is 9.08. The molecule has 5 nitrogen and oxygen atoms in total. The summed E-state index contributed by atoms with van der Waals surface area (Å²) in [5.41, 5.74) is 2.19. The van der Waals surface area contributed by atoms with Gasteiger partial charge < -0.3 is 4.42 Å². The van der Waals surface area contributed by atoms with Crippen LogP contribution in [0.3, 0.4) is 0 Å². The van der Waals surface area contributed by atoms with E-state index in [1.807, 2.05) is 30.5 Å². The Morgan fingerprint density at radius 2 is 1.70 bits per heavy atom. The van der Waals surface area contributed by atoms with E-state index in [4.69, 9.17) is 16.0 Å². The van der Waals surface area contributed by atoms with Gasteiger partial charge in [0.25, 0.3) is 5.91 Å². The zero-order valence-electron chi connectivity index (χ0n) is 17.8. The summed E-state index contributed by atoms with van der Waals surface area (Å²) in [6.45, 7) is 1.49. The van der Waals surface area contributed by atoms with Crippen LogP contribution in [-0.4, -0.2) is 17.9 Å². The SMILES string of the molecule is CSc1ccc(C2c3c(oc4ccc(Cl)cc4c3=O)C(=O)N2c2ccc(C(C)=O)cc2)cc1.